The first-order valence-corrected chi connectivity index (χ1v) is 10.9. The monoisotopic (exact) mass is 440 g/mol. The number of para-hydroxylation sites is 1. The smallest absolute Gasteiger partial charge is 0.407 e. The zero-order valence-electron chi connectivity index (χ0n) is 18.2. The zero-order valence-corrected chi connectivity index (χ0v) is 18.2. The molecule has 0 bridgehead atoms. The van der Waals surface area contributed by atoms with E-state index in [1.54, 1.807) is 0 Å². The van der Waals surface area contributed by atoms with E-state index in [4.69, 9.17) is 9.47 Å². The lowest BCUT2D eigenvalue weighted by molar-refractivity contribution is -0.142. The van der Waals surface area contributed by atoms with Gasteiger partial charge in [-0.1, -0.05) is 66.7 Å². The van der Waals surface area contributed by atoms with Crippen LogP contribution in [-0.4, -0.2) is 36.8 Å². The van der Waals surface area contributed by atoms with E-state index in [1.165, 1.54) is 7.11 Å². The van der Waals surface area contributed by atoms with Crippen LogP contribution in [0.1, 0.15) is 22.6 Å². The van der Waals surface area contributed by atoms with Crippen LogP contribution in [0.15, 0.2) is 79.0 Å². The third kappa shape index (κ3) is 3.96. The molecule has 166 valence electrons. The van der Waals surface area contributed by atoms with Gasteiger partial charge in [-0.15, -0.1) is 0 Å². The van der Waals surface area contributed by atoms with Crippen molar-refractivity contribution in [2.75, 3.05) is 13.7 Å². The Bertz CT molecular complexity index is 1280. The van der Waals surface area contributed by atoms with E-state index >= 15 is 0 Å². The van der Waals surface area contributed by atoms with Crippen LogP contribution in [0.2, 0.25) is 0 Å². The van der Waals surface area contributed by atoms with Gasteiger partial charge in [0.15, 0.2) is 0 Å². The molecule has 2 N–H and O–H groups in total. The average molecular weight is 440 g/mol. The van der Waals surface area contributed by atoms with Gasteiger partial charge < -0.3 is 19.8 Å². The minimum atomic E-state index is -0.857. The molecule has 6 nitrogen and oxygen atoms in total. The minimum absolute atomic E-state index is 0.0478. The van der Waals surface area contributed by atoms with E-state index in [9.17, 15) is 9.59 Å². The average Bonchev–Trinajstić information content (AvgIpc) is 3.41. The minimum Gasteiger partial charge on any atom is -0.467 e. The predicted octanol–water partition coefficient (Wildman–Crippen LogP) is 4.79. The third-order valence-electron chi connectivity index (χ3n) is 6.22. The molecular weight excluding hydrogens is 416 g/mol. The molecule has 0 aliphatic heterocycles. The first kappa shape index (κ1) is 20.8. The Morgan fingerprint density at radius 1 is 0.939 bits per heavy atom. The van der Waals surface area contributed by atoms with Gasteiger partial charge in [-0.25, -0.2) is 9.59 Å². The highest BCUT2D eigenvalue weighted by molar-refractivity contribution is 5.86. The Labute approximate surface area is 191 Å². The van der Waals surface area contributed by atoms with Crippen LogP contribution in [-0.2, 0) is 20.7 Å². The molecular formula is C27H24N2O4. The summed E-state index contributed by atoms with van der Waals surface area (Å²) in [6.07, 6.45) is 1.49. The molecule has 1 atom stereocenters. The molecule has 0 saturated carbocycles. The van der Waals surface area contributed by atoms with Crippen LogP contribution < -0.4 is 5.32 Å². The molecule has 1 aliphatic rings. The maximum atomic E-state index is 12.7. The van der Waals surface area contributed by atoms with E-state index in [0.29, 0.717) is 6.42 Å². The van der Waals surface area contributed by atoms with Crippen molar-refractivity contribution < 1.29 is 19.1 Å². The summed E-state index contributed by atoms with van der Waals surface area (Å²) >= 11 is 0. The maximum absolute atomic E-state index is 12.7. The van der Waals surface area contributed by atoms with Crippen LogP contribution in [0.3, 0.4) is 0 Å². The number of benzene rings is 3. The van der Waals surface area contributed by atoms with Gasteiger partial charge in [-0.3, -0.25) is 0 Å². The van der Waals surface area contributed by atoms with Gasteiger partial charge in [0.05, 0.1) is 7.11 Å². The molecule has 0 saturated heterocycles. The van der Waals surface area contributed by atoms with Gasteiger partial charge >= 0.3 is 12.1 Å². The van der Waals surface area contributed by atoms with Crippen LogP contribution in [0.5, 0.6) is 0 Å². The molecule has 1 aromatic heterocycles. The second-order valence-corrected chi connectivity index (χ2v) is 8.11. The van der Waals surface area contributed by atoms with Crippen LogP contribution in [0.25, 0.3) is 22.0 Å². The highest BCUT2D eigenvalue weighted by Gasteiger charge is 2.30. The van der Waals surface area contributed by atoms with Crippen molar-refractivity contribution in [1.82, 2.24) is 10.3 Å². The normalized spacial score (nSPS) is 13.2. The fourth-order valence-corrected chi connectivity index (χ4v) is 4.64. The molecule has 1 heterocycles. The highest BCUT2D eigenvalue weighted by atomic mass is 16.6. The lowest BCUT2D eigenvalue weighted by atomic mass is 9.98. The number of aromatic amines is 1. The fourth-order valence-electron chi connectivity index (χ4n) is 4.64. The number of ether oxygens (including phenoxy) is 2. The molecule has 33 heavy (non-hydrogen) atoms. The number of nitrogens with one attached hydrogen (secondary N) is 2. The second-order valence-electron chi connectivity index (χ2n) is 8.11. The molecule has 0 spiro atoms. The largest absolute Gasteiger partial charge is 0.467 e. The summed E-state index contributed by atoms with van der Waals surface area (Å²) in [7, 11) is 1.31. The lowest BCUT2D eigenvalue weighted by Crippen LogP contribution is -2.43. The third-order valence-corrected chi connectivity index (χ3v) is 6.22. The maximum Gasteiger partial charge on any atom is 0.407 e. The quantitative estimate of drug-likeness (QED) is 0.423. The summed E-state index contributed by atoms with van der Waals surface area (Å²) in [5.41, 5.74) is 6.48. The summed E-state index contributed by atoms with van der Waals surface area (Å²) in [6.45, 7) is 0.181. The first-order valence-electron chi connectivity index (χ1n) is 10.9. The van der Waals surface area contributed by atoms with E-state index in [1.807, 2.05) is 54.7 Å². The molecule has 6 heteroatoms. The Balaban J connectivity index is 1.29. The predicted molar refractivity (Wildman–Crippen MR) is 126 cm³/mol. The Kier molecular flexibility index (Phi) is 5.57. The number of carbonyl (C=O) groups is 2. The number of esters is 1. The highest BCUT2D eigenvalue weighted by Crippen LogP contribution is 2.44. The number of methoxy groups -OCH3 is 1. The van der Waals surface area contributed by atoms with Crippen molar-refractivity contribution in [2.45, 2.75) is 18.4 Å². The topological polar surface area (TPSA) is 80.4 Å². The van der Waals surface area contributed by atoms with Crippen molar-refractivity contribution in [1.29, 1.82) is 0 Å². The molecule has 0 fully saturated rings. The summed E-state index contributed by atoms with van der Waals surface area (Å²) in [4.78, 5) is 28.3. The number of carbonyl (C=O) groups excluding carboxylic acids is 2. The lowest BCUT2D eigenvalue weighted by Gasteiger charge is -2.18. The van der Waals surface area contributed by atoms with Crippen molar-refractivity contribution in [3.05, 3.63) is 95.7 Å². The number of hydrogen-bond acceptors (Lipinski definition) is 4. The van der Waals surface area contributed by atoms with Crippen molar-refractivity contribution in [3.63, 3.8) is 0 Å². The van der Waals surface area contributed by atoms with E-state index in [0.717, 1.165) is 38.7 Å². The fraction of sp³-hybridized carbons (Fsp3) is 0.185. The van der Waals surface area contributed by atoms with Gasteiger partial charge in [0.1, 0.15) is 12.6 Å². The van der Waals surface area contributed by atoms with Crippen molar-refractivity contribution in [2.24, 2.45) is 0 Å². The number of H-pyrrole nitrogens is 1. The van der Waals surface area contributed by atoms with Crippen molar-refractivity contribution in [3.8, 4) is 11.1 Å². The molecule has 3 aromatic carbocycles. The molecule has 0 radical (unpaired) electrons. The number of alkyl carbamates (subject to hydrolysis) is 1. The zero-order chi connectivity index (χ0) is 22.8. The SMILES string of the molecule is COC(=O)[C@H](Cc1c[nH]c2ccccc12)NC(=O)OCC1c2ccccc2-c2ccccc21. The van der Waals surface area contributed by atoms with Crippen LogP contribution in [0.4, 0.5) is 4.79 Å². The Morgan fingerprint density at radius 3 is 2.27 bits per heavy atom. The molecule has 4 aromatic rings. The summed E-state index contributed by atoms with van der Waals surface area (Å²) < 4.78 is 10.5. The Hall–Kier alpha value is -4.06. The summed E-state index contributed by atoms with van der Waals surface area (Å²) in [5.74, 6) is -0.567. The van der Waals surface area contributed by atoms with E-state index in [2.05, 4.69) is 34.6 Å². The molecule has 1 amide bonds. The van der Waals surface area contributed by atoms with E-state index < -0.39 is 18.1 Å². The van der Waals surface area contributed by atoms with Gasteiger partial charge in [0.25, 0.3) is 0 Å². The van der Waals surface area contributed by atoms with Gasteiger partial charge in [-0.2, -0.15) is 0 Å². The van der Waals surface area contributed by atoms with E-state index in [-0.39, 0.29) is 12.5 Å². The first-order chi connectivity index (χ1) is 16.2. The Morgan fingerprint density at radius 2 is 1.58 bits per heavy atom. The number of aromatic nitrogens is 1. The number of hydrogen-bond donors (Lipinski definition) is 2. The van der Waals surface area contributed by atoms with Gasteiger partial charge in [0, 0.05) is 29.4 Å². The second kappa shape index (κ2) is 8.82. The molecule has 1 aliphatic carbocycles. The number of fused-ring (bicyclic) bond motifs is 4. The molecule has 5 rings (SSSR count). The summed E-state index contributed by atoms with van der Waals surface area (Å²) in [5, 5.41) is 3.69. The van der Waals surface area contributed by atoms with Crippen LogP contribution in [0, 0.1) is 0 Å². The van der Waals surface area contributed by atoms with Gasteiger partial charge in [0.2, 0.25) is 0 Å². The summed E-state index contributed by atoms with van der Waals surface area (Å²) in [6, 6.07) is 23.3. The van der Waals surface area contributed by atoms with Crippen LogP contribution >= 0.6 is 0 Å². The van der Waals surface area contributed by atoms with Crippen molar-refractivity contribution >= 4 is 23.0 Å². The number of amides is 1. The standard InChI is InChI=1S/C27H24N2O4/c1-32-26(30)25(14-17-15-28-24-13-7-6-8-18(17)24)29-27(31)33-16-23-21-11-4-2-9-19(21)20-10-3-5-12-22(20)23/h2-13,15,23,25,28H,14,16H2,1H3,(H,29,31)/t25-/m0/s1. The molecule has 0 unspecified atom stereocenters. The van der Waals surface area contributed by atoms with Gasteiger partial charge in [-0.05, 0) is 33.9 Å². The number of rotatable bonds is 6.